The van der Waals surface area contributed by atoms with E-state index in [1.165, 1.54) is 0 Å². The molecular formula is C21H22N6O. The highest BCUT2D eigenvalue weighted by Gasteiger charge is 2.25. The van der Waals surface area contributed by atoms with E-state index in [2.05, 4.69) is 33.2 Å². The first-order valence-corrected chi connectivity index (χ1v) is 9.45. The van der Waals surface area contributed by atoms with Crippen molar-refractivity contribution in [2.75, 3.05) is 42.9 Å². The lowest BCUT2D eigenvalue weighted by Crippen LogP contribution is -2.49. The maximum atomic E-state index is 13.0. The van der Waals surface area contributed by atoms with Crippen molar-refractivity contribution in [2.24, 2.45) is 0 Å². The number of carbonyl (C=O) groups excluding carboxylic acids is 1. The fourth-order valence-corrected chi connectivity index (χ4v) is 3.64. The fourth-order valence-electron chi connectivity index (χ4n) is 3.64. The molecular weight excluding hydrogens is 352 g/mol. The summed E-state index contributed by atoms with van der Waals surface area (Å²) >= 11 is 0. The molecule has 1 aliphatic rings. The van der Waals surface area contributed by atoms with Crippen molar-refractivity contribution in [3.8, 4) is 6.07 Å². The second-order valence-electron chi connectivity index (χ2n) is 6.76. The van der Waals surface area contributed by atoms with Gasteiger partial charge in [-0.3, -0.25) is 4.79 Å². The number of piperazine rings is 1. The van der Waals surface area contributed by atoms with E-state index >= 15 is 0 Å². The fraction of sp³-hybridized carbons (Fsp3) is 0.286. The van der Waals surface area contributed by atoms with Crippen molar-refractivity contribution < 1.29 is 4.79 Å². The zero-order valence-corrected chi connectivity index (χ0v) is 15.8. The van der Waals surface area contributed by atoms with E-state index in [1.54, 1.807) is 24.5 Å². The van der Waals surface area contributed by atoms with Crippen molar-refractivity contribution in [1.29, 1.82) is 5.26 Å². The lowest BCUT2D eigenvalue weighted by molar-refractivity contribution is 0.0748. The number of rotatable bonds is 4. The quantitative estimate of drug-likeness (QED) is 0.733. The van der Waals surface area contributed by atoms with Crippen LogP contribution in [-0.4, -0.2) is 53.5 Å². The molecule has 1 saturated heterocycles. The van der Waals surface area contributed by atoms with Crippen LogP contribution < -0.4 is 10.2 Å². The first kappa shape index (κ1) is 17.9. The molecule has 0 atom stereocenters. The largest absolute Gasteiger partial charge is 0.382 e. The van der Waals surface area contributed by atoms with Gasteiger partial charge in [-0.2, -0.15) is 5.26 Å². The zero-order valence-electron chi connectivity index (χ0n) is 15.8. The average molecular weight is 374 g/mol. The minimum atomic E-state index is 0.0172. The van der Waals surface area contributed by atoms with Crippen LogP contribution in [0.1, 0.15) is 22.8 Å². The third-order valence-corrected chi connectivity index (χ3v) is 5.06. The Morgan fingerprint density at radius 2 is 2.11 bits per heavy atom. The number of aromatic nitrogens is 2. The number of aromatic amines is 1. The predicted octanol–water partition coefficient (Wildman–Crippen LogP) is 2.83. The smallest absolute Gasteiger partial charge is 0.256 e. The molecule has 1 amide bonds. The lowest BCUT2D eigenvalue weighted by atomic mass is 10.1. The lowest BCUT2D eigenvalue weighted by Gasteiger charge is -2.36. The number of nitrogens with one attached hydrogen (secondary N) is 2. The van der Waals surface area contributed by atoms with Gasteiger partial charge in [0.05, 0.1) is 22.9 Å². The summed E-state index contributed by atoms with van der Waals surface area (Å²) in [6, 6.07) is 11.4. The Morgan fingerprint density at radius 3 is 2.86 bits per heavy atom. The van der Waals surface area contributed by atoms with E-state index in [9.17, 15) is 4.79 Å². The van der Waals surface area contributed by atoms with Crippen LogP contribution in [0.5, 0.6) is 0 Å². The van der Waals surface area contributed by atoms with Crippen LogP contribution in [0.4, 0.5) is 11.5 Å². The molecule has 0 unspecified atom stereocenters. The molecule has 3 aromatic rings. The minimum Gasteiger partial charge on any atom is -0.382 e. The average Bonchev–Trinajstić information content (AvgIpc) is 3.17. The molecule has 7 heteroatoms. The van der Waals surface area contributed by atoms with Gasteiger partial charge >= 0.3 is 0 Å². The van der Waals surface area contributed by atoms with E-state index < -0.39 is 0 Å². The molecule has 1 aromatic carbocycles. The summed E-state index contributed by atoms with van der Waals surface area (Å²) in [5.41, 5.74) is 3.06. The van der Waals surface area contributed by atoms with E-state index in [4.69, 9.17) is 5.26 Å². The molecule has 0 bridgehead atoms. The van der Waals surface area contributed by atoms with Crippen molar-refractivity contribution in [2.45, 2.75) is 6.92 Å². The molecule has 0 aliphatic carbocycles. The molecule has 2 aromatic heterocycles. The van der Waals surface area contributed by atoms with Gasteiger partial charge in [-0.25, -0.2) is 4.98 Å². The predicted molar refractivity (Wildman–Crippen MR) is 110 cm³/mol. The molecule has 3 heterocycles. The van der Waals surface area contributed by atoms with Crippen molar-refractivity contribution >= 4 is 28.3 Å². The minimum absolute atomic E-state index is 0.0172. The first-order chi connectivity index (χ1) is 13.7. The molecule has 0 spiro atoms. The Morgan fingerprint density at radius 1 is 1.29 bits per heavy atom. The van der Waals surface area contributed by atoms with Gasteiger partial charge < -0.3 is 20.1 Å². The van der Waals surface area contributed by atoms with Gasteiger partial charge in [0.2, 0.25) is 0 Å². The molecule has 28 heavy (non-hydrogen) atoms. The third kappa shape index (κ3) is 3.25. The second kappa shape index (κ2) is 7.61. The highest BCUT2D eigenvalue weighted by atomic mass is 16.2. The number of pyridine rings is 1. The van der Waals surface area contributed by atoms with Gasteiger partial charge in [-0.1, -0.05) is 6.07 Å². The molecule has 4 rings (SSSR count). The summed E-state index contributed by atoms with van der Waals surface area (Å²) in [7, 11) is 0. The number of hydrogen-bond acceptors (Lipinski definition) is 5. The van der Waals surface area contributed by atoms with E-state index in [-0.39, 0.29) is 5.91 Å². The van der Waals surface area contributed by atoms with Crippen molar-refractivity contribution in [3.05, 3.63) is 53.9 Å². The van der Waals surface area contributed by atoms with Crippen LogP contribution in [0.25, 0.3) is 10.9 Å². The van der Waals surface area contributed by atoms with Gasteiger partial charge in [0.25, 0.3) is 5.91 Å². The van der Waals surface area contributed by atoms with E-state index in [0.717, 1.165) is 42.0 Å². The Labute approximate surface area is 163 Å². The molecule has 2 N–H and O–H groups in total. The van der Waals surface area contributed by atoms with E-state index in [1.807, 2.05) is 23.1 Å². The van der Waals surface area contributed by atoms with Gasteiger partial charge in [-0.15, -0.1) is 0 Å². The maximum absolute atomic E-state index is 13.0. The summed E-state index contributed by atoms with van der Waals surface area (Å²) in [4.78, 5) is 24.8. The maximum Gasteiger partial charge on any atom is 0.256 e. The number of anilines is 2. The number of nitriles is 1. The number of fused-ring (bicyclic) bond motifs is 1. The van der Waals surface area contributed by atoms with E-state index in [0.29, 0.717) is 24.2 Å². The zero-order chi connectivity index (χ0) is 19.5. The summed E-state index contributed by atoms with van der Waals surface area (Å²) < 4.78 is 0. The molecule has 1 aliphatic heterocycles. The number of H-pyrrole nitrogens is 1. The Kier molecular flexibility index (Phi) is 4.85. The number of nitrogens with zero attached hydrogens (tertiary/aromatic N) is 4. The third-order valence-electron chi connectivity index (χ3n) is 5.06. The van der Waals surface area contributed by atoms with Gasteiger partial charge in [0.15, 0.2) is 5.82 Å². The Balaban J connectivity index is 1.49. The topological polar surface area (TPSA) is 88.1 Å². The van der Waals surface area contributed by atoms with Crippen molar-refractivity contribution in [3.63, 3.8) is 0 Å². The van der Waals surface area contributed by atoms with Gasteiger partial charge in [0, 0.05) is 56.0 Å². The molecule has 1 fully saturated rings. The monoisotopic (exact) mass is 374 g/mol. The van der Waals surface area contributed by atoms with Crippen molar-refractivity contribution in [1.82, 2.24) is 14.9 Å². The Bertz CT molecular complexity index is 1040. The SMILES string of the molecule is CCNc1cccnc1N1CCN(C(=O)c2c[nH]c3cc(C#N)ccc23)CC1. The van der Waals surface area contributed by atoms with Gasteiger partial charge in [0.1, 0.15) is 0 Å². The highest BCUT2D eigenvalue weighted by molar-refractivity contribution is 6.07. The standard InChI is InChI=1S/C21H22N6O/c1-2-23-18-4-3-7-24-20(18)26-8-10-27(11-9-26)21(28)17-14-25-19-12-15(13-22)5-6-16(17)19/h3-7,12,14,23,25H,2,8-11H2,1H3. The number of benzene rings is 1. The molecule has 0 radical (unpaired) electrons. The number of amides is 1. The van der Waals surface area contributed by atoms with Crippen LogP contribution in [0.15, 0.2) is 42.7 Å². The Hall–Kier alpha value is -3.53. The number of hydrogen-bond donors (Lipinski definition) is 2. The first-order valence-electron chi connectivity index (χ1n) is 9.45. The highest BCUT2D eigenvalue weighted by Crippen LogP contribution is 2.25. The number of carbonyl (C=O) groups is 1. The molecule has 142 valence electrons. The van der Waals surface area contributed by atoms with Crippen LogP contribution >= 0.6 is 0 Å². The van der Waals surface area contributed by atoms with Crippen LogP contribution in [0.2, 0.25) is 0 Å². The van der Waals surface area contributed by atoms with Crippen LogP contribution in [0, 0.1) is 11.3 Å². The normalized spacial score (nSPS) is 14.1. The molecule has 0 saturated carbocycles. The van der Waals surface area contributed by atoms with Gasteiger partial charge in [-0.05, 0) is 31.2 Å². The second-order valence-corrected chi connectivity index (χ2v) is 6.76. The summed E-state index contributed by atoms with van der Waals surface area (Å²) in [6.45, 7) is 5.66. The van der Waals surface area contributed by atoms with Crippen LogP contribution in [0.3, 0.4) is 0 Å². The molecule has 7 nitrogen and oxygen atoms in total. The van der Waals surface area contributed by atoms with Crippen LogP contribution in [-0.2, 0) is 0 Å². The summed E-state index contributed by atoms with van der Waals surface area (Å²) in [5, 5.41) is 13.2. The summed E-state index contributed by atoms with van der Waals surface area (Å²) in [6.07, 6.45) is 3.54. The summed E-state index contributed by atoms with van der Waals surface area (Å²) in [5.74, 6) is 0.955.